The topological polar surface area (TPSA) is 65.3 Å². The van der Waals surface area contributed by atoms with Gasteiger partial charge in [0.05, 0.1) is 16.9 Å². The van der Waals surface area contributed by atoms with E-state index >= 15 is 0 Å². The first-order valence-electron chi connectivity index (χ1n) is 6.88. The summed E-state index contributed by atoms with van der Waals surface area (Å²) in [4.78, 5) is 12.2. The first-order chi connectivity index (χ1) is 11.3. The zero-order valence-corrected chi connectivity index (χ0v) is 12.7. The minimum Gasteiger partial charge on any atom is -0.480 e. The smallest absolute Gasteiger partial charge is 0.416 e. The van der Waals surface area contributed by atoms with Gasteiger partial charge in [0.15, 0.2) is 0 Å². The van der Waals surface area contributed by atoms with E-state index in [1.165, 1.54) is 12.1 Å². The molecule has 24 heavy (non-hydrogen) atoms. The number of alkyl halides is 3. The van der Waals surface area contributed by atoms with Crippen LogP contribution >= 0.6 is 0 Å². The monoisotopic (exact) mass is 337 g/mol. The van der Waals surface area contributed by atoms with Crippen LogP contribution in [0.15, 0.2) is 58.8 Å². The zero-order valence-electron chi connectivity index (χ0n) is 12.7. The number of carboxylic acids is 1. The number of nitrogens with zero attached hydrogens (tertiary/aromatic N) is 3. The summed E-state index contributed by atoms with van der Waals surface area (Å²) in [6.45, 7) is -0.133. The highest BCUT2D eigenvalue weighted by Gasteiger charge is 2.29. The Kier molecular flexibility index (Phi) is 5.18. The minimum absolute atomic E-state index is 0.133. The molecular formula is C16H14F3N3O2. The quantitative estimate of drug-likeness (QED) is 0.808. The molecule has 1 N–H and O–H groups in total. The number of carbonyl (C=O) groups is 1. The molecule has 0 unspecified atom stereocenters. The van der Waals surface area contributed by atoms with Gasteiger partial charge < -0.3 is 10.0 Å². The molecule has 0 saturated carbocycles. The lowest BCUT2D eigenvalue weighted by atomic mass is 10.2. The van der Waals surface area contributed by atoms with Crippen LogP contribution in [-0.2, 0) is 11.0 Å². The molecule has 2 rings (SSSR count). The highest BCUT2D eigenvalue weighted by Crippen LogP contribution is 2.30. The van der Waals surface area contributed by atoms with Crippen LogP contribution in [0.5, 0.6) is 0 Å². The van der Waals surface area contributed by atoms with E-state index in [0.717, 1.165) is 12.1 Å². The van der Waals surface area contributed by atoms with Gasteiger partial charge in [-0.3, -0.25) is 4.79 Å². The van der Waals surface area contributed by atoms with Gasteiger partial charge in [0.2, 0.25) is 0 Å². The average molecular weight is 337 g/mol. The van der Waals surface area contributed by atoms with E-state index in [4.69, 9.17) is 5.11 Å². The van der Waals surface area contributed by atoms with Crippen molar-refractivity contribution < 1.29 is 23.1 Å². The Morgan fingerprint density at radius 1 is 1.00 bits per heavy atom. The Morgan fingerprint density at radius 2 is 1.46 bits per heavy atom. The van der Waals surface area contributed by atoms with Crippen LogP contribution in [0.2, 0.25) is 0 Å². The van der Waals surface area contributed by atoms with Crippen molar-refractivity contribution in [3.05, 3.63) is 54.1 Å². The summed E-state index contributed by atoms with van der Waals surface area (Å²) in [5.41, 5.74) is 0.760. The van der Waals surface area contributed by atoms with Gasteiger partial charge in [-0.25, -0.2) is 0 Å². The first-order valence-corrected chi connectivity index (χ1v) is 6.88. The first kappa shape index (κ1) is 17.5. The number of hydrogen-bond acceptors (Lipinski definition) is 4. The minimum atomic E-state index is -4.38. The number of halogens is 3. The van der Waals surface area contributed by atoms with E-state index in [9.17, 15) is 18.0 Å². The maximum Gasteiger partial charge on any atom is 0.416 e. The van der Waals surface area contributed by atoms with Gasteiger partial charge >= 0.3 is 12.1 Å². The van der Waals surface area contributed by atoms with Gasteiger partial charge in [0.1, 0.15) is 6.54 Å². The molecule has 0 spiro atoms. The van der Waals surface area contributed by atoms with Gasteiger partial charge in [-0.2, -0.15) is 23.4 Å². The van der Waals surface area contributed by atoms with E-state index in [1.54, 1.807) is 36.2 Å². The number of hydrogen-bond donors (Lipinski definition) is 1. The van der Waals surface area contributed by atoms with Crippen molar-refractivity contribution in [1.29, 1.82) is 0 Å². The molecule has 0 aliphatic heterocycles. The Hall–Kier alpha value is -2.90. The number of rotatable bonds is 5. The maximum atomic E-state index is 12.5. The molecule has 0 radical (unpaired) electrons. The van der Waals surface area contributed by atoms with Crippen LogP contribution in [0.4, 0.5) is 30.2 Å². The van der Waals surface area contributed by atoms with Crippen molar-refractivity contribution in [3.8, 4) is 0 Å². The van der Waals surface area contributed by atoms with Crippen molar-refractivity contribution in [2.24, 2.45) is 10.2 Å². The largest absolute Gasteiger partial charge is 0.480 e. The standard InChI is InChI=1S/C16H14F3N3O2/c1-22(10-15(23)24)14-8-6-13(7-9-14)21-20-12-4-2-11(3-5-12)16(17,18)19/h2-9H,10H2,1H3,(H,23,24). The van der Waals surface area contributed by atoms with E-state index in [0.29, 0.717) is 17.1 Å². The van der Waals surface area contributed by atoms with Gasteiger partial charge in [0.25, 0.3) is 0 Å². The van der Waals surface area contributed by atoms with Crippen LogP contribution in [0.1, 0.15) is 5.56 Å². The second-order valence-electron chi connectivity index (χ2n) is 5.01. The van der Waals surface area contributed by atoms with E-state index < -0.39 is 17.7 Å². The lowest BCUT2D eigenvalue weighted by Gasteiger charge is -2.16. The normalized spacial score (nSPS) is 11.7. The van der Waals surface area contributed by atoms with Gasteiger partial charge in [-0.1, -0.05) is 0 Å². The van der Waals surface area contributed by atoms with Crippen molar-refractivity contribution >= 4 is 23.0 Å². The van der Waals surface area contributed by atoms with Crippen LogP contribution in [-0.4, -0.2) is 24.7 Å². The summed E-state index contributed by atoms with van der Waals surface area (Å²) in [5.74, 6) is -0.941. The third-order valence-corrected chi connectivity index (χ3v) is 3.14. The average Bonchev–Trinajstić information content (AvgIpc) is 2.52. The summed E-state index contributed by atoms with van der Waals surface area (Å²) in [6, 6.07) is 11.0. The molecule has 0 amide bonds. The molecule has 2 aromatic carbocycles. The number of aliphatic carboxylic acids is 1. The predicted molar refractivity (Wildman–Crippen MR) is 83.0 cm³/mol. The zero-order chi connectivity index (χ0) is 17.7. The maximum absolute atomic E-state index is 12.5. The molecule has 0 saturated heterocycles. The third-order valence-electron chi connectivity index (χ3n) is 3.14. The van der Waals surface area contributed by atoms with Crippen molar-refractivity contribution in [3.63, 3.8) is 0 Å². The number of carboxylic acid groups (broad SMARTS) is 1. The summed E-state index contributed by atoms with van der Waals surface area (Å²) in [5, 5.41) is 16.5. The van der Waals surface area contributed by atoms with Crippen LogP contribution in [0.25, 0.3) is 0 Å². The highest BCUT2D eigenvalue weighted by atomic mass is 19.4. The summed E-state index contributed by atoms with van der Waals surface area (Å²) >= 11 is 0. The van der Waals surface area contributed by atoms with Gasteiger partial charge in [-0.05, 0) is 48.5 Å². The Balaban J connectivity index is 2.05. The molecule has 126 valence electrons. The summed E-state index contributed by atoms with van der Waals surface area (Å²) in [7, 11) is 1.65. The fourth-order valence-electron chi connectivity index (χ4n) is 1.90. The second-order valence-corrected chi connectivity index (χ2v) is 5.01. The number of azo groups is 1. The Labute approximate surface area is 136 Å². The van der Waals surface area contributed by atoms with Gasteiger partial charge in [0, 0.05) is 12.7 Å². The van der Waals surface area contributed by atoms with Crippen molar-refractivity contribution in [2.75, 3.05) is 18.5 Å². The molecular weight excluding hydrogens is 323 g/mol. The van der Waals surface area contributed by atoms with Crippen LogP contribution in [0.3, 0.4) is 0 Å². The fraction of sp³-hybridized carbons (Fsp3) is 0.188. The number of anilines is 1. The van der Waals surface area contributed by atoms with E-state index in [2.05, 4.69) is 10.2 Å². The molecule has 0 heterocycles. The van der Waals surface area contributed by atoms with Crippen molar-refractivity contribution in [2.45, 2.75) is 6.18 Å². The SMILES string of the molecule is CN(CC(=O)O)c1ccc(N=Nc2ccc(C(F)(F)F)cc2)cc1. The van der Waals surface area contributed by atoms with Crippen LogP contribution in [0, 0.1) is 0 Å². The lowest BCUT2D eigenvalue weighted by Crippen LogP contribution is -2.24. The molecule has 0 aliphatic carbocycles. The van der Waals surface area contributed by atoms with E-state index in [1.807, 2.05) is 0 Å². The summed E-state index contributed by atoms with van der Waals surface area (Å²) < 4.78 is 37.4. The second kappa shape index (κ2) is 7.12. The van der Waals surface area contributed by atoms with E-state index in [-0.39, 0.29) is 6.54 Å². The Bertz CT molecular complexity index is 726. The molecule has 0 bridgehead atoms. The molecule has 0 aromatic heterocycles. The van der Waals surface area contributed by atoms with Crippen molar-refractivity contribution in [1.82, 2.24) is 0 Å². The fourth-order valence-corrected chi connectivity index (χ4v) is 1.90. The molecule has 8 heteroatoms. The lowest BCUT2D eigenvalue weighted by molar-refractivity contribution is -0.137. The number of benzene rings is 2. The molecule has 5 nitrogen and oxygen atoms in total. The summed E-state index contributed by atoms with van der Waals surface area (Å²) in [6.07, 6.45) is -4.38. The van der Waals surface area contributed by atoms with Gasteiger partial charge in [-0.15, -0.1) is 0 Å². The highest BCUT2D eigenvalue weighted by molar-refractivity contribution is 5.73. The molecule has 0 atom stereocenters. The number of likely N-dealkylation sites (N-methyl/N-ethyl adjacent to an activating group) is 1. The van der Waals surface area contributed by atoms with Crippen LogP contribution < -0.4 is 4.90 Å². The third kappa shape index (κ3) is 4.80. The Morgan fingerprint density at radius 3 is 1.88 bits per heavy atom. The predicted octanol–water partition coefficient (Wildman–Crippen LogP) is 4.64. The molecule has 2 aromatic rings. The molecule has 0 aliphatic rings. The molecule has 0 fully saturated rings.